The molecule has 2 aromatic carbocycles. The number of allylic oxidation sites excluding steroid dienone is 1. The first-order valence-electron chi connectivity index (χ1n) is 6.37. The number of hydrazone groups is 1. The van der Waals surface area contributed by atoms with Crippen LogP contribution in [0.3, 0.4) is 0 Å². The van der Waals surface area contributed by atoms with Gasteiger partial charge in [-0.1, -0.05) is 36.4 Å². The molecule has 0 spiro atoms. The first-order chi connectivity index (χ1) is 9.90. The van der Waals surface area contributed by atoms with E-state index in [9.17, 15) is 0 Å². The topological polar surface area (TPSA) is 37.3 Å². The van der Waals surface area contributed by atoms with E-state index in [0.29, 0.717) is 0 Å². The van der Waals surface area contributed by atoms with E-state index < -0.39 is 0 Å². The SMILES string of the molecule is C1=Cc2ccccc2NN=C1c1nc2ccccc2s1. The minimum absolute atomic E-state index is 0.863. The molecule has 0 aliphatic carbocycles. The maximum Gasteiger partial charge on any atom is 0.144 e. The van der Waals surface area contributed by atoms with E-state index in [2.05, 4.69) is 33.7 Å². The van der Waals surface area contributed by atoms with Crippen LogP contribution in [-0.2, 0) is 0 Å². The summed E-state index contributed by atoms with van der Waals surface area (Å²) < 4.78 is 1.18. The van der Waals surface area contributed by atoms with E-state index >= 15 is 0 Å². The summed E-state index contributed by atoms with van der Waals surface area (Å²) in [6, 6.07) is 16.2. The molecule has 4 rings (SSSR count). The molecule has 1 aliphatic heterocycles. The highest BCUT2D eigenvalue weighted by molar-refractivity contribution is 7.20. The Kier molecular flexibility index (Phi) is 2.60. The van der Waals surface area contributed by atoms with Crippen molar-refractivity contribution in [2.45, 2.75) is 0 Å². The minimum atomic E-state index is 0.863. The molecular formula is C16H11N3S. The van der Waals surface area contributed by atoms with Crippen molar-refractivity contribution in [3.63, 3.8) is 0 Å². The van der Waals surface area contributed by atoms with Gasteiger partial charge in [0.2, 0.25) is 0 Å². The summed E-state index contributed by atoms with van der Waals surface area (Å²) in [4.78, 5) is 4.64. The molecule has 1 aliphatic rings. The second kappa shape index (κ2) is 4.58. The van der Waals surface area contributed by atoms with Crippen LogP contribution in [0.1, 0.15) is 10.6 Å². The van der Waals surface area contributed by atoms with Crippen molar-refractivity contribution in [1.29, 1.82) is 0 Å². The average Bonchev–Trinajstić information content (AvgIpc) is 2.80. The molecule has 1 N–H and O–H groups in total. The standard InChI is InChI=1S/C16H11N3S/c1-2-6-12-11(5-1)9-10-14(19-18-12)16-17-13-7-3-4-8-15(13)20-16/h1-10,18H. The van der Waals surface area contributed by atoms with Crippen LogP contribution in [0, 0.1) is 0 Å². The van der Waals surface area contributed by atoms with Crippen molar-refractivity contribution in [2.75, 3.05) is 5.43 Å². The molecule has 2 heterocycles. The Morgan fingerprint density at radius 2 is 1.75 bits per heavy atom. The average molecular weight is 277 g/mol. The van der Waals surface area contributed by atoms with Gasteiger partial charge in [0.15, 0.2) is 0 Å². The summed E-state index contributed by atoms with van der Waals surface area (Å²) in [5, 5.41) is 5.39. The Morgan fingerprint density at radius 1 is 0.900 bits per heavy atom. The van der Waals surface area contributed by atoms with Gasteiger partial charge in [-0.3, -0.25) is 5.43 Å². The Bertz CT molecular complexity index is 813. The predicted octanol–water partition coefficient (Wildman–Crippen LogP) is 4.14. The fraction of sp³-hybridized carbons (Fsp3) is 0. The normalized spacial score (nSPS) is 13.5. The first kappa shape index (κ1) is 11.4. The van der Waals surface area contributed by atoms with Crippen molar-refractivity contribution in [1.82, 2.24) is 4.98 Å². The zero-order valence-electron chi connectivity index (χ0n) is 10.6. The van der Waals surface area contributed by atoms with Gasteiger partial charge in [0, 0.05) is 0 Å². The lowest BCUT2D eigenvalue weighted by Gasteiger charge is -2.01. The van der Waals surface area contributed by atoms with Crippen molar-refractivity contribution < 1.29 is 0 Å². The van der Waals surface area contributed by atoms with E-state index in [0.717, 1.165) is 27.5 Å². The smallest absolute Gasteiger partial charge is 0.144 e. The van der Waals surface area contributed by atoms with Crippen molar-refractivity contribution in [3.8, 4) is 0 Å². The first-order valence-corrected chi connectivity index (χ1v) is 7.18. The zero-order chi connectivity index (χ0) is 13.4. The maximum absolute atomic E-state index is 4.64. The molecule has 3 aromatic rings. The molecule has 0 saturated heterocycles. The van der Waals surface area contributed by atoms with Crippen LogP contribution in [0.15, 0.2) is 59.7 Å². The summed E-state index contributed by atoms with van der Waals surface area (Å²) in [7, 11) is 0. The molecule has 96 valence electrons. The molecule has 0 saturated carbocycles. The predicted molar refractivity (Wildman–Crippen MR) is 85.3 cm³/mol. The van der Waals surface area contributed by atoms with Crippen molar-refractivity contribution in [3.05, 3.63) is 65.2 Å². The van der Waals surface area contributed by atoms with Gasteiger partial charge in [-0.25, -0.2) is 4.98 Å². The number of thiazole rings is 1. The number of anilines is 1. The summed E-state index contributed by atoms with van der Waals surface area (Å²) >= 11 is 1.66. The Hall–Kier alpha value is -2.46. The molecule has 20 heavy (non-hydrogen) atoms. The molecule has 0 bridgehead atoms. The molecule has 3 nitrogen and oxygen atoms in total. The minimum Gasteiger partial charge on any atom is -0.277 e. The quantitative estimate of drug-likeness (QED) is 0.726. The fourth-order valence-corrected chi connectivity index (χ4v) is 3.11. The van der Waals surface area contributed by atoms with E-state index in [-0.39, 0.29) is 0 Å². The summed E-state index contributed by atoms with van der Waals surface area (Å²) in [6.45, 7) is 0. The summed E-state index contributed by atoms with van der Waals surface area (Å²) in [5.41, 5.74) is 7.14. The lowest BCUT2D eigenvalue weighted by molar-refractivity contribution is 1.33. The molecule has 1 aromatic heterocycles. The molecular weight excluding hydrogens is 266 g/mol. The van der Waals surface area contributed by atoms with Gasteiger partial charge in [-0.05, 0) is 29.8 Å². The Morgan fingerprint density at radius 3 is 2.70 bits per heavy atom. The molecule has 0 amide bonds. The third-order valence-electron chi connectivity index (χ3n) is 3.19. The van der Waals surface area contributed by atoms with Gasteiger partial charge in [-0.15, -0.1) is 11.3 Å². The van der Waals surface area contributed by atoms with Crippen molar-refractivity contribution in [2.24, 2.45) is 5.10 Å². The van der Waals surface area contributed by atoms with Crippen LogP contribution in [0.4, 0.5) is 5.69 Å². The summed E-state index contributed by atoms with van der Waals surface area (Å²) in [5.74, 6) is 0. The Labute approximate surface area is 120 Å². The number of para-hydroxylation sites is 2. The van der Waals surface area contributed by atoms with Crippen molar-refractivity contribution >= 4 is 39.0 Å². The second-order valence-corrected chi connectivity index (χ2v) is 5.55. The number of hydrogen-bond donors (Lipinski definition) is 1. The monoisotopic (exact) mass is 277 g/mol. The van der Waals surface area contributed by atoms with Gasteiger partial charge in [0.1, 0.15) is 10.7 Å². The molecule has 4 heteroatoms. The van der Waals surface area contributed by atoms with E-state index in [4.69, 9.17) is 0 Å². The third kappa shape index (κ3) is 1.90. The highest BCUT2D eigenvalue weighted by atomic mass is 32.1. The number of nitrogens with one attached hydrogen (secondary N) is 1. The van der Waals surface area contributed by atoms with Crippen LogP contribution in [0.25, 0.3) is 16.3 Å². The number of fused-ring (bicyclic) bond motifs is 2. The van der Waals surface area contributed by atoms with Gasteiger partial charge >= 0.3 is 0 Å². The van der Waals surface area contributed by atoms with Crippen LogP contribution in [-0.4, -0.2) is 10.7 Å². The van der Waals surface area contributed by atoms with Gasteiger partial charge in [-0.2, -0.15) is 5.10 Å². The van der Waals surface area contributed by atoms with Crippen LogP contribution in [0.5, 0.6) is 0 Å². The molecule has 0 fully saturated rings. The number of rotatable bonds is 1. The van der Waals surface area contributed by atoms with E-state index in [1.54, 1.807) is 11.3 Å². The number of benzene rings is 2. The van der Waals surface area contributed by atoms with E-state index in [1.807, 2.05) is 42.5 Å². The van der Waals surface area contributed by atoms with Gasteiger partial charge in [0.25, 0.3) is 0 Å². The highest BCUT2D eigenvalue weighted by Gasteiger charge is 2.10. The maximum atomic E-state index is 4.64. The third-order valence-corrected chi connectivity index (χ3v) is 4.25. The van der Waals surface area contributed by atoms with Gasteiger partial charge in [0.05, 0.1) is 15.9 Å². The van der Waals surface area contributed by atoms with Crippen LogP contribution < -0.4 is 5.43 Å². The summed E-state index contributed by atoms with van der Waals surface area (Å²) in [6.07, 6.45) is 4.08. The molecule has 0 atom stereocenters. The molecule has 0 radical (unpaired) electrons. The molecule has 0 unspecified atom stereocenters. The van der Waals surface area contributed by atoms with Crippen LogP contribution in [0.2, 0.25) is 0 Å². The Balaban J connectivity index is 1.78. The number of aromatic nitrogens is 1. The second-order valence-electron chi connectivity index (χ2n) is 4.52. The van der Waals surface area contributed by atoms with Crippen LogP contribution >= 0.6 is 11.3 Å². The fourth-order valence-electron chi connectivity index (χ4n) is 2.17. The highest BCUT2D eigenvalue weighted by Crippen LogP contribution is 2.25. The lowest BCUT2D eigenvalue weighted by Crippen LogP contribution is -1.98. The zero-order valence-corrected chi connectivity index (χ0v) is 11.4. The van der Waals surface area contributed by atoms with Gasteiger partial charge < -0.3 is 0 Å². The van der Waals surface area contributed by atoms with E-state index in [1.165, 1.54) is 4.70 Å². The lowest BCUT2D eigenvalue weighted by atomic mass is 10.1. The largest absolute Gasteiger partial charge is 0.277 e. The number of nitrogens with zero attached hydrogens (tertiary/aromatic N) is 2. The number of hydrogen-bond acceptors (Lipinski definition) is 4.